The van der Waals surface area contributed by atoms with E-state index in [4.69, 9.17) is 33.4 Å². The van der Waals surface area contributed by atoms with E-state index in [-0.39, 0.29) is 12.3 Å². The van der Waals surface area contributed by atoms with Crippen molar-refractivity contribution in [1.29, 1.82) is 0 Å². The minimum Gasteiger partial charge on any atom is -0.464 e. The smallest absolute Gasteiger partial charge is 0.228 e. The van der Waals surface area contributed by atoms with Crippen LogP contribution in [0.2, 0.25) is 10.0 Å². The molecule has 0 atom stereocenters. The molecule has 2 aromatic carbocycles. The molecule has 0 aliphatic carbocycles. The number of carbonyl (C=O) groups is 1. The number of fused-ring (bicyclic) bond motifs is 1. The van der Waals surface area contributed by atoms with E-state index in [0.29, 0.717) is 21.4 Å². The lowest BCUT2D eigenvalue weighted by atomic mass is 10.1. The fourth-order valence-corrected chi connectivity index (χ4v) is 2.85. The number of aryl methyl sites for hydroxylation is 1. The molecule has 23 heavy (non-hydrogen) atoms. The van der Waals surface area contributed by atoms with Gasteiger partial charge in [0.05, 0.1) is 28.4 Å². The number of amides is 1. The van der Waals surface area contributed by atoms with Crippen molar-refractivity contribution < 1.29 is 9.21 Å². The molecule has 118 valence electrons. The van der Waals surface area contributed by atoms with Gasteiger partial charge in [0.25, 0.3) is 0 Å². The quantitative estimate of drug-likeness (QED) is 0.667. The summed E-state index contributed by atoms with van der Waals surface area (Å²) in [6.45, 7) is 1.99. The molecule has 0 fully saturated rings. The Bertz CT molecular complexity index is 880. The van der Waals surface area contributed by atoms with Crippen molar-refractivity contribution in [3.05, 3.63) is 57.8 Å². The largest absolute Gasteiger partial charge is 0.464 e. The van der Waals surface area contributed by atoms with Gasteiger partial charge in [-0.25, -0.2) is 0 Å². The number of anilines is 2. The third kappa shape index (κ3) is 3.28. The van der Waals surface area contributed by atoms with Gasteiger partial charge in [-0.15, -0.1) is 0 Å². The van der Waals surface area contributed by atoms with E-state index < -0.39 is 0 Å². The van der Waals surface area contributed by atoms with Crippen LogP contribution in [0.5, 0.6) is 0 Å². The Labute approximate surface area is 143 Å². The average molecular weight is 349 g/mol. The Balaban J connectivity index is 1.79. The van der Waals surface area contributed by atoms with Crippen LogP contribution in [0.1, 0.15) is 11.1 Å². The van der Waals surface area contributed by atoms with Crippen LogP contribution in [-0.2, 0) is 11.2 Å². The van der Waals surface area contributed by atoms with E-state index in [2.05, 4.69) is 5.32 Å². The van der Waals surface area contributed by atoms with Crippen molar-refractivity contribution in [1.82, 2.24) is 0 Å². The lowest BCUT2D eigenvalue weighted by molar-refractivity contribution is -0.115. The highest BCUT2D eigenvalue weighted by molar-refractivity contribution is 6.39. The maximum Gasteiger partial charge on any atom is 0.228 e. The van der Waals surface area contributed by atoms with Crippen molar-refractivity contribution >= 4 is 51.5 Å². The van der Waals surface area contributed by atoms with Crippen LogP contribution in [0.25, 0.3) is 11.0 Å². The summed E-state index contributed by atoms with van der Waals surface area (Å²) in [5, 5.41) is 4.30. The molecule has 1 amide bonds. The van der Waals surface area contributed by atoms with E-state index in [0.717, 1.165) is 22.1 Å². The highest BCUT2D eigenvalue weighted by atomic mass is 35.5. The maximum absolute atomic E-state index is 12.2. The highest BCUT2D eigenvalue weighted by Gasteiger charge is 2.12. The van der Waals surface area contributed by atoms with Crippen molar-refractivity contribution in [2.45, 2.75) is 13.3 Å². The SMILES string of the molecule is Cc1ccc2c(CC(=O)Nc3cc(Cl)c(N)c(Cl)c3)coc2c1. The van der Waals surface area contributed by atoms with Crippen LogP contribution in [0, 0.1) is 6.92 Å². The summed E-state index contributed by atoms with van der Waals surface area (Å²) in [6, 6.07) is 9.01. The number of furan rings is 1. The summed E-state index contributed by atoms with van der Waals surface area (Å²) >= 11 is 11.9. The molecule has 0 bridgehead atoms. The molecule has 6 heteroatoms. The third-order valence-electron chi connectivity index (χ3n) is 3.53. The highest BCUT2D eigenvalue weighted by Crippen LogP contribution is 2.31. The van der Waals surface area contributed by atoms with Gasteiger partial charge in [0.15, 0.2) is 0 Å². The van der Waals surface area contributed by atoms with Crippen LogP contribution >= 0.6 is 23.2 Å². The second kappa shape index (κ2) is 6.14. The molecule has 0 spiro atoms. The van der Waals surface area contributed by atoms with Gasteiger partial charge in [-0.3, -0.25) is 4.79 Å². The molecular formula is C17H14Cl2N2O2. The van der Waals surface area contributed by atoms with Gasteiger partial charge < -0.3 is 15.5 Å². The Morgan fingerprint density at radius 1 is 1.22 bits per heavy atom. The summed E-state index contributed by atoms with van der Waals surface area (Å²) in [5.74, 6) is -0.190. The molecule has 0 saturated carbocycles. The summed E-state index contributed by atoms with van der Waals surface area (Å²) in [7, 11) is 0. The van der Waals surface area contributed by atoms with Crippen LogP contribution in [0.3, 0.4) is 0 Å². The summed E-state index contributed by atoms with van der Waals surface area (Å²) < 4.78 is 5.50. The van der Waals surface area contributed by atoms with Gasteiger partial charge >= 0.3 is 0 Å². The van der Waals surface area contributed by atoms with Gasteiger partial charge in [-0.05, 0) is 30.7 Å². The second-order valence-corrected chi connectivity index (χ2v) is 6.15. The predicted molar refractivity (Wildman–Crippen MR) is 94.2 cm³/mol. The zero-order valence-corrected chi connectivity index (χ0v) is 13.8. The maximum atomic E-state index is 12.2. The van der Waals surface area contributed by atoms with E-state index >= 15 is 0 Å². The first-order chi connectivity index (χ1) is 10.9. The Morgan fingerprint density at radius 2 is 1.91 bits per heavy atom. The molecule has 1 aromatic heterocycles. The molecule has 0 saturated heterocycles. The standard InChI is InChI=1S/C17H14Cl2N2O2/c1-9-2-3-12-10(8-23-15(12)4-9)5-16(22)21-11-6-13(18)17(20)14(19)7-11/h2-4,6-8H,5,20H2,1H3,(H,21,22). The van der Waals surface area contributed by atoms with E-state index in [1.54, 1.807) is 18.4 Å². The van der Waals surface area contributed by atoms with E-state index in [9.17, 15) is 4.79 Å². The number of nitrogens with one attached hydrogen (secondary N) is 1. The van der Waals surface area contributed by atoms with Gasteiger partial charge in [-0.2, -0.15) is 0 Å². The number of benzene rings is 2. The third-order valence-corrected chi connectivity index (χ3v) is 4.15. The number of carbonyl (C=O) groups excluding carboxylic acids is 1. The Morgan fingerprint density at radius 3 is 2.61 bits per heavy atom. The first-order valence-electron chi connectivity index (χ1n) is 6.95. The monoisotopic (exact) mass is 348 g/mol. The zero-order chi connectivity index (χ0) is 16.6. The van der Waals surface area contributed by atoms with Gasteiger partial charge in [-0.1, -0.05) is 35.3 Å². The first kappa shape index (κ1) is 15.7. The minimum absolute atomic E-state index is 0.190. The van der Waals surface area contributed by atoms with Crippen LogP contribution in [0.4, 0.5) is 11.4 Å². The lowest BCUT2D eigenvalue weighted by Gasteiger charge is -2.08. The van der Waals surface area contributed by atoms with Gasteiger partial charge in [0.1, 0.15) is 5.58 Å². The molecule has 0 radical (unpaired) electrons. The predicted octanol–water partition coefficient (Wildman–Crippen LogP) is 4.81. The van der Waals surface area contributed by atoms with E-state index in [1.807, 2.05) is 25.1 Å². The lowest BCUT2D eigenvalue weighted by Crippen LogP contribution is -2.14. The van der Waals surface area contributed by atoms with Crippen molar-refractivity contribution in [3.8, 4) is 0 Å². The minimum atomic E-state index is -0.190. The summed E-state index contributed by atoms with van der Waals surface area (Å²) in [5.41, 5.74) is 9.17. The fourth-order valence-electron chi connectivity index (χ4n) is 2.36. The number of hydrogen-bond acceptors (Lipinski definition) is 3. The zero-order valence-electron chi connectivity index (χ0n) is 12.3. The van der Waals surface area contributed by atoms with Gasteiger partial charge in [0.2, 0.25) is 5.91 Å². The number of halogens is 2. The summed E-state index contributed by atoms with van der Waals surface area (Å²) in [4.78, 5) is 12.2. The second-order valence-electron chi connectivity index (χ2n) is 5.34. The molecule has 3 aromatic rings. The molecule has 3 rings (SSSR count). The fraction of sp³-hybridized carbons (Fsp3) is 0.118. The molecule has 4 nitrogen and oxygen atoms in total. The molecular weight excluding hydrogens is 335 g/mol. The molecule has 0 aliphatic heterocycles. The van der Waals surface area contributed by atoms with Crippen LogP contribution in [-0.4, -0.2) is 5.91 Å². The summed E-state index contributed by atoms with van der Waals surface area (Å²) in [6.07, 6.45) is 1.79. The molecule has 3 N–H and O–H groups in total. The van der Waals surface area contributed by atoms with Crippen molar-refractivity contribution in [3.63, 3.8) is 0 Å². The van der Waals surface area contributed by atoms with Crippen molar-refractivity contribution in [2.24, 2.45) is 0 Å². The molecule has 1 heterocycles. The first-order valence-corrected chi connectivity index (χ1v) is 7.71. The van der Waals surface area contributed by atoms with Crippen LogP contribution < -0.4 is 11.1 Å². The average Bonchev–Trinajstić information content (AvgIpc) is 2.86. The Hall–Kier alpha value is -2.17. The van der Waals surface area contributed by atoms with Gasteiger partial charge in [0, 0.05) is 16.6 Å². The topological polar surface area (TPSA) is 68.3 Å². The normalized spacial score (nSPS) is 10.9. The molecule has 0 unspecified atom stereocenters. The van der Waals surface area contributed by atoms with Crippen molar-refractivity contribution in [2.75, 3.05) is 11.1 Å². The number of rotatable bonds is 3. The number of nitrogens with two attached hydrogens (primary N) is 1. The van der Waals surface area contributed by atoms with Crippen LogP contribution in [0.15, 0.2) is 41.0 Å². The number of hydrogen-bond donors (Lipinski definition) is 2. The van der Waals surface area contributed by atoms with E-state index in [1.165, 1.54) is 0 Å². The number of nitrogen functional groups attached to an aromatic ring is 1. The molecule has 0 aliphatic rings. The Kier molecular flexibility index (Phi) is 4.20.